The highest BCUT2D eigenvalue weighted by atomic mass is 32.2. The van der Waals surface area contributed by atoms with Crippen molar-refractivity contribution in [3.05, 3.63) is 90.6 Å². The highest BCUT2D eigenvalue weighted by molar-refractivity contribution is 8.15. The van der Waals surface area contributed by atoms with Gasteiger partial charge in [-0.1, -0.05) is 48.5 Å². The van der Waals surface area contributed by atoms with Gasteiger partial charge in [-0.3, -0.25) is 0 Å². The van der Waals surface area contributed by atoms with Crippen molar-refractivity contribution < 1.29 is 4.57 Å². The minimum atomic E-state index is 0.917. The van der Waals surface area contributed by atoms with Gasteiger partial charge in [-0.2, -0.15) is 4.57 Å². The van der Waals surface area contributed by atoms with Crippen molar-refractivity contribution in [2.24, 2.45) is 0 Å². The van der Waals surface area contributed by atoms with Gasteiger partial charge < -0.3 is 0 Å². The molecule has 0 aliphatic heterocycles. The van der Waals surface area contributed by atoms with Crippen molar-refractivity contribution in [3.8, 4) is 0 Å². The van der Waals surface area contributed by atoms with E-state index in [9.17, 15) is 0 Å². The van der Waals surface area contributed by atoms with Crippen LogP contribution in [0, 0.1) is 0 Å². The summed E-state index contributed by atoms with van der Waals surface area (Å²) in [5, 5.41) is 2.32. The second kappa shape index (κ2) is 8.06. The third-order valence-corrected chi connectivity index (χ3v) is 5.49. The van der Waals surface area contributed by atoms with Crippen LogP contribution in [0.15, 0.2) is 95.0 Å². The van der Waals surface area contributed by atoms with E-state index in [2.05, 4.69) is 89.6 Å². The molecule has 0 aliphatic rings. The maximum Gasteiger partial charge on any atom is 0.241 e. The number of hydrogen-bond acceptors (Lipinski definition) is 2. The van der Waals surface area contributed by atoms with Crippen LogP contribution in [-0.2, 0) is 6.54 Å². The summed E-state index contributed by atoms with van der Waals surface area (Å²) in [6.07, 6.45) is 2.16. The Morgan fingerprint density at radius 2 is 1.36 bits per heavy atom. The fourth-order valence-corrected chi connectivity index (χ4v) is 4.26. The van der Waals surface area contributed by atoms with E-state index in [0.29, 0.717) is 0 Å². The van der Waals surface area contributed by atoms with E-state index in [1.807, 2.05) is 23.5 Å². The van der Waals surface area contributed by atoms with Crippen LogP contribution in [0.3, 0.4) is 0 Å². The number of hydrogen-bond donors (Lipinski definition) is 0. The molecule has 0 saturated heterocycles. The summed E-state index contributed by atoms with van der Waals surface area (Å²) in [6.45, 7) is 0.917. The molecule has 0 fully saturated rings. The van der Waals surface area contributed by atoms with Crippen LogP contribution >= 0.6 is 23.5 Å². The average Bonchev–Trinajstić information content (AvgIpc) is 2.58. The molecule has 0 radical (unpaired) electrons. The molecule has 1 aromatic heterocycles. The van der Waals surface area contributed by atoms with E-state index in [-0.39, 0.29) is 0 Å². The van der Waals surface area contributed by atoms with Crippen LogP contribution in [0.1, 0.15) is 5.56 Å². The number of thioether (sulfide) groups is 2. The van der Waals surface area contributed by atoms with Crippen molar-refractivity contribution >= 4 is 23.5 Å². The molecule has 3 aromatic rings. The van der Waals surface area contributed by atoms with Gasteiger partial charge >= 0.3 is 0 Å². The largest absolute Gasteiger partial charge is 0.241 e. The second-order valence-corrected chi connectivity index (χ2v) is 7.28. The smallest absolute Gasteiger partial charge is 0.189 e. The molecule has 3 rings (SSSR count). The Kier molecular flexibility index (Phi) is 5.57. The van der Waals surface area contributed by atoms with Gasteiger partial charge in [0, 0.05) is 22.6 Å². The molecule has 22 heavy (non-hydrogen) atoms. The molecule has 1 heterocycles. The summed E-state index contributed by atoms with van der Waals surface area (Å²) >= 11 is 3.77. The summed E-state index contributed by atoms with van der Waals surface area (Å²) in [5.41, 5.74) is 1.33. The first kappa shape index (κ1) is 15.2. The molecule has 0 bridgehead atoms. The average molecular weight is 324 g/mol. The molecule has 2 aromatic carbocycles. The van der Waals surface area contributed by atoms with Gasteiger partial charge in [0.1, 0.15) is 0 Å². The van der Waals surface area contributed by atoms with Gasteiger partial charge in [0.2, 0.25) is 5.03 Å². The standard InChI is InChI=1S/C19H18NS2/c1-3-9-17(10-4-1)15-20-14-8-7-13-19(20)22-16-21-18-11-5-2-6-12-18/h1-14H,15-16H2/q+1. The molecule has 0 aliphatic carbocycles. The van der Waals surface area contributed by atoms with Crippen LogP contribution < -0.4 is 4.57 Å². The lowest BCUT2D eigenvalue weighted by Crippen LogP contribution is -2.36. The molecule has 0 N–H and O–H groups in total. The SMILES string of the molecule is c1ccc(C[n+]2ccccc2SCSc2ccccc2)cc1. The highest BCUT2D eigenvalue weighted by Crippen LogP contribution is 2.25. The first-order valence-electron chi connectivity index (χ1n) is 7.25. The highest BCUT2D eigenvalue weighted by Gasteiger charge is 2.10. The van der Waals surface area contributed by atoms with E-state index in [1.165, 1.54) is 15.5 Å². The summed E-state index contributed by atoms with van der Waals surface area (Å²) in [5.74, 6) is 0. The van der Waals surface area contributed by atoms with Crippen molar-refractivity contribution in [1.82, 2.24) is 0 Å². The number of rotatable bonds is 6. The first-order chi connectivity index (χ1) is 10.9. The Morgan fingerprint density at radius 3 is 2.14 bits per heavy atom. The van der Waals surface area contributed by atoms with Crippen molar-refractivity contribution in [2.45, 2.75) is 16.5 Å². The predicted molar refractivity (Wildman–Crippen MR) is 95.2 cm³/mol. The number of pyridine rings is 1. The normalized spacial score (nSPS) is 10.5. The van der Waals surface area contributed by atoms with E-state index in [1.54, 1.807) is 0 Å². The molecule has 0 unspecified atom stereocenters. The first-order valence-corrected chi connectivity index (χ1v) is 9.22. The number of nitrogens with zero attached hydrogens (tertiary/aromatic N) is 1. The van der Waals surface area contributed by atoms with Crippen LogP contribution in [0.5, 0.6) is 0 Å². The third kappa shape index (κ3) is 4.39. The zero-order chi connectivity index (χ0) is 15.0. The van der Waals surface area contributed by atoms with Gasteiger partial charge in [0.25, 0.3) is 0 Å². The van der Waals surface area contributed by atoms with Crippen LogP contribution in [0.25, 0.3) is 0 Å². The molecule has 0 amide bonds. The van der Waals surface area contributed by atoms with Gasteiger partial charge in [0.05, 0.1) is 5.08 Å². The van der Waals surface area contributed by atoms with Crippen LogP contribution in [0.2, 0.25) is 0 Å². The topological polar surface area (TPSA) is 3.88 Å². The lowest BCUT2D eigenvalue weighted by atomic mass is 10.2. The van der Waals surface area contributed by atoms with E-state index in [4.69, 9.17) is 0 Å². The molecule has 3 heteroatoms. The van der Waals surface area contributed by atoms with Gasteiger partial charge in [0.15, 0.2) is 12.7 Å². The van der Waals surface area contributed by atoms with E-state index in [0.717, 1.165) is 11.6 Å². The van der Waals surface area contributed by atoms with Crippen molar-refractivity contribution in [2.75, 3.05) is 5.08 Å². The Hall–Kier alpha value is -1.71. The fraction of sp³-hybridized carbons (Fsp3) is 0.105. The van der Waals surface area contributed by atoms with Gasteiger partial charge in [-0.05, 0) is 30.0 Å². The van der Waals surface area contributed by atoms with Crippen LogP contribution in [-0.4, -0.2) is 5.08 Å². The molecule has 0 atom stereocenters. The van der Waals surface area contributed by atoms with Gasteiger partial charge in [-0.25, -0.2) is 0 Å². The molecule has 110 valence electrons. The zero-order valence-corrected chi connectivity index (χ0v) is 13.9. The maximum absolute atomic E-state index is 2.31. The third-order valence-electron chi connectivity index (χ3n) is 3.27. The monoisotopic (exact) mass is 324 g/mol. The Balaban J connectivity index is 1.64. The predicted octanol–water partition coefficient (Wildman–Crippen LogP) is 4.86. The van der Waals surface area contributed by atoms with Crippen LogP contribution in [0.4, 0.5) is 0 Å². The Morgan fingerprint density at radius 1 is 0.682 bits per heavy atom. The van der Waals surface area contributed by atoms with Crippen molar-refractivity contribution in [1.29, 1.82) is 0 Å². The molecule has 0 saturated carbocycles. The lowest BCUT2D eigenvalue weighted by molar-refractivity contribution is -0.724. The molecule has 1 nitrogen and oxygen atoms in total. The minimum absolute atomic E-state index is 0.917. The Labute approximate surface area is 140 Å². The summed E-state index contributed by atoms with van der Waals surface area (Å²) in [4.78, 5) is 1.32. The lowest BCUT2D eigenvalue weighted by Gasteiger charge is -2.04. The zero-order valence-electron chi connectivity index (χ0n) is 12.3. The maximum atomic E-state index is 2.31. The fourth-order valence-electron chi connectivity index (χ4n) is 2.18. The number of aromatic nitrogens is 1. The van der Waals surface area contributed by atoms with E-state index < -0.39 is 0 Å². The molecular weight excluding hydrogens is 306 g/mol. The summed E-state index contributed by atoms with van der Waals surface area (Å²) in [6, 6.07) is 27.5. The minimum Gasteiger partial charge on any atom is -0.189 e. The summed E-state index contributed by atoms with van der Waals surface area (Å²) < 4.78 is 2.31. The quantitative estimate of drug-likeness (QED) is 0.362. The van der Waals surface area contributed by atoms with E-state index >= 15 is 0 Å². The second-order valence-electron chi connectivity index (χ2n) is 4.87. The van der Waals surface area contributed by atoms with Crippen molar-refractivity contribution in [3.63, 3.8) is 0 Å². The summed E-state index contributed by atoms with van der Waals surface area (Å²) in [7, 11) is 0. The molecule has 0 spiro atoms. The molecular formula is C19H18NS2+. The number of benzene rings is 2. The van der Waals surface area contributed by atoms with Gasteiger partial charge in [-0.15, -0.1) is 11.8 Å². The Bertz CT molecular complexity index is 699.